The van der Waals surface area contributed by atoms with Crippen molar-refractivity contribution in [1.29, 1.82) is 0 Å². The van der Waals surface area contributed by atoms with Gasteiger partial charge in [-0.15, -0.1) is 0 Å². The van der Waals surface area contributed by atoms with E-state index in [1.54, 1.807) is 17.7 Å². The molecule has 2 aromatic rings. The number of aromatic nitrogens is 2. The van der Waals surface area contributed by atoms with E-state index in [0.29, 0.717) is 0 Å². The Morgan fingerprint density at radius 1 is 1.25 bits per heavy atom. The van der Waals surface area contributed by atoms with Gasteiger partial charge in [0.05, 0.1) is 11.7 Å². The number of esters is 1. The van der Waals surface area contributed by atoms with E-state index in [1.807, 2.05) is 51.2 Å². The Bertz CT molecular complexity index is 840. The fourth-order valence-electron chi connectivity index (χ4n) is 3.03. The lowest BCUT2D eigenvalue weighted by molar-refractivity contribution is -0.150. The van der Waals surface area contributed by atoms with E-state index in [1.165, 1.54) is 6.08 Å². The Morgan fingerprint density at radius 2 is 1.93 bits per heavy atom. The van der Waals surface area contributed by atoms with Crippen molar-refractivity contribution in [1.82, 2.24) is 15.1 Å². The first-order chi connectivity index (χ1) is 13.3. The zero-order valence-electron chi connectivity index (χ0n) is 17.2. The normalized spacial score (nSPS) is 13.3. The van der Waals surface area contributed by atoms with E-state index in [0.717, 1.165) is 35.4 Å². The van der Waals surface area contributed by atoms with Gasteiger partial charge in [0.15, 0.2) is 6.10 Å². The minimum Gasteiger partial charge on any atom is -0.449 e. The molecule has 0 spiro atoms. The van der Waals surface area contributed by atoms with E-state index in [-0.39, 0.29) is 11.9 Å². The summed E-state index contributed by atoms with van der Waals surface area (Å²) in [5.74, 6) is -0.866. The topological polar surface area (TPSA) is 73.2 Å². The molecule has 2 rings (SSSR count). The van der Waals surface area contributed by atoms with Crippen LogP contribution in [-0.2, 0) is 21.4 Å². The summed E-state index contributed by atoms with van der Waals surface area (Å²) in [6.45, 7) is 7.46. The second-order valence-corrected chi connectivity index (χ2v) is 6.88. The third kappa shape index (κ3) is 5.55. The summed E-state index contributed by atoms with van der Waals surface area (Å²) in [6.07, 6.45) is 3.88. The van der Waals surface area contributed by atoms with Crippen LogP contribution in [0.15, 0.2) is 36.4 Å². The number of amides is 1. The largest absolute Gasteiger partial charge is 0.449 e. The van der Waals surface area contributed by atoms with Gasteiger partial charge in [0.2, 0.25) is 0 Å². The summed E-state index contributed by atoms with van der Waals surface area (Å²) in [6, 6.07) is 9.70. The highest BCUT2D eigenvalue weighted by molar-refractivity contribution is 5.90. The highest BCUT2D eigenvalue weighted by Gasteiger charge is 2.21. The summed E-state index contributed by atoms with van der Waals surface area (Å²) in [5.41, 5.74) is 3.71. The molecule has 1 aromatic carbocycles. The number of rotatable bonds is 8. The van der Waals surface area contributed by atoms with Gasteiger partial charge >= 0.3 is 5.97 Å². The average Bonchev–Trinajstić information content (AvgIpc) is 2.91. The smallest absolute Gasteiger partial charge is 0.331 e. The van der Waals surface area contributed by atoms with Crippen molar-refractivity contribution in [3.05, 3.63) is 58.9 Å². The minimum atomic E-state index is -0.878. The highest BCUT2D eigenvalue weighted by Crippen LogP contribution is 2.18. The molecule has 1 aromatic heterocycles. The van der Waals surface area contributed by atoms with Crippen molar-refractivity contribution in [2.45, 2.75) is 52.7 Å². The molecule has 1 amide bonds. The average molecular weight is 383 g/mol. The van der Waals surface area contributed by atoms with Gasteiger partial charge in [-0.05, 0) is 38.8 Å². The van der Waals surface area contributed by atoms with Crippen LogP contribution in [0.2, 0.25) is 0 Å². The maximum Gasteiger partial charge on any atom is 0.331 e. The van der Waals surface area contributed by atoms with Crippen molar-refractivity contribution in [3.8, 4) is 0 Å². The summed E-state index contributed by atoms with van der Waals surface area (Å²) in [7, 11) is 1.85. The molecule has 0 fully saturated rings. The van der Waals surface area contributed by atoms with E-state index in [4.69, 9.17) is 4.74 Å². The van der Waals surface area contributed by atoms with Gasteiger partial charge in [0.25, 0.3) is 5.91 Å². The Labute approximate surface area is 166 Å². The molecule has 28 heavy (non-hydrogen) atoms. The molecular formula is C22H29N3O3. The van der Waals surface area contributed by atoms with Crippen LogP contribution >= 0.6 is 0 Å². The second-order valence-electron chi connectivity index (χ2n) is 6.88. The van der Waals surface area contributed by atoms with Gasteiger partial charge in [0, 0.05) is 24.4 Å². The van der Waals surface area contributed by atoms with E-state index in [2.05, 4.69) is 17.3 Å². The van der Waals surface area contributed by atoms with Crippen molar-refractivity contribution < 1.29 is 14.3 Å². The van der Waals surface area contributed by atoms with Crippen molar-refractivity contribution in [3.63, 3.8) is 0 Å². The number of nitrogens with zero attached hydrogens (tertiary/aromatic N) is 2. The molecule has 0 saturated carbocycles. The molecule has 0 radical (unpaired) electrons. The van der Waals surface area contributed by atoms with Crippen LogP contribution in [-0.4, -0.2) is 27.8 Å². The number of ether oxygens (including phenoxy) is 1. The number of aryl methyl sites for hydroxylation is 2. The molecule has 0 aliphatic rings. The molecule has 0 saturated heterocycles. The van der Waals surface area contributed by atoms with Gasteiger partial charge in [-0.25, -0.2) is 4.79 Å². The van der Waals surface area contributed by atoms with Gasteiger partial charge in [-0.3, -0.25) is 9.48 Å². The third-order valence-corrected chi connectivity index (χ3v) is 4.71. The first-order valence-electron chi connectivity index (χ1n) is 9.57. The van der Waals surface area contributed by atoms with Gasteiger partial charge in [0.1, 0.15) is 0 Å². The number of benzene rings is 1. The molecule has 150 valence electrons. The maximum absolute atomic E-state index is 12.5. The van der Waals surface area contributed by atoms with E-state index in [9.17, 15) is 9.59 Å². The lowest BCUT2D eigenvalue weighted by atomic mass is 10.0. The summed E-state index contributed by atoms with van der Waals surface area (Å²) in [5, 5.41) is 7.29. The minimum absolute atomic E-state index is 0.101. The van der Waals surface area contributed by atoms with Gasteiger partial charge < -0.3 is 10.1 Å². The predicted octanol–water partition coefficient (Wildman–Crippen LogP) is 3.64. The molecule has 6 heteroatoms. The first kappa shape index (κ1) is 21.4. The monoisotopic (exact) mass is 383 g/mol. The Morgan fingerprint density at radius 3 is 2.50 bits per heavy atom. The molecule has 0 unspecified atom stereocenters. The second kappa shape index (κ2) is 9.88. The fraction of sp³-hybridized carbons (Fsp3) is 0.409. The molecule has 6 nitrogen and oxygen atoms in total. The van der Waals surface area contributed by atoms with Crippen LogP contribution in [0.1, 0.15) is 55.2 Å². The predicted molar refractivity (Wildman–Crippen MR) is 110 cm³/mol. The van der Waals surface area contributed by atoms with Crippen molar-refractivity contribution in [2.24, 2.45) is 7.05 Å². The number of hydrogen-bond acceptors (Lipinski definition) is 4. The lowest BCUT2D eigenvalue weighted by Gasteiger charge is -2.21. The Balaban J connectivity index is 1.97. The molecule has 0 aliphatic carbocycles. The molecular weight excluding hydrogens is 354 g/mol. The first-order valence-corrected chi connectivity index (χ1v) is 9.57. The Hall–Kier alpha value is -2.89. The molecule has 0 bridgehead atoms. The maximum atomic E-state index is 12.5. The van der Waals surface area contributed by atoms with Crippen LogP contribution < -0.4 is 5.32 Å². The zero-order chi connectivity index (χ0) is 20.7. The van der Waals surface area contributed by atoms with Gasteiger partial charge in [-0.2, -0.15) is 5.10 Å². The van der Waals surface area contributed by atoms with Crippen LogP contribution in [0.3, 0.4) is 0 Å². The number of carbonyl (C=O) groups is 2. The van der Waals surface area contributed by atoms with Crippen LogP contribution in [0.5, 0.6) is 0 Å². The molecule has 1 heterocycles. The number of nitrogens with one attached hydrogen (secondary N) is 1. The summed E-state index contributed by atoms with van der Waals surface area (Å²) < 4.78 is 7.03. The molecule has 2 atom stereocenters. The highest BCUT2D eigenvalue weighted by atomic mass is 16.5. The SMILES string of the molecule is CCC[C@H](NC(=O)[C@H](C)OC(=O)/C=C/c1c(C)nn(C)c1C)c1ccccc1. The summed E-state index contributed by atoms with van der Waals surface area (Å²) >= 11 is 0. The summed E-state index contributed by atoms with van der Waals surface area (Å²) in [4.78, 5) is 24.6. The quantitative estimate of drug-likeness (QED) is 0.558. The van der Waals surface area contributed by atoms with Crippen molar-refractivity contribution in [2.75, 3.05) is 0 Å². The Kier molecular flexibility index (Phi) is 7.55. The van der Waals surface area contributed by atoms with Crippen LogP contribution in [0.25, 0.3) is 6.08 Å². The van der Waals surface area contributed by atoms with E-state index < -0.39 is 12.1 Å². The zero-order valence-corrected chi connectivity index (χ0v) is 17.2. The molecule has 0 aliphatic heterocycles. The number of carbonyl (C=O) groups excluding carboxylic acids is 2. The van der Waals surface area contributed by atoms with Crippen LogP contribution in [0, 0.1) is 13.8 Å². The van der Waals surface area contributed by atoms with Crippen LogP contribution in [0.4, 0.5) is 0 Å². The number of hydrogen-bond donors (Lipinski definition) is 1. The fourth-order valence-corrected chi connectivity index (χ4v) is 3.03. The standard InChI is InChI=1S/C22H29N3O3/c1-6-10-20(18-11-8-7-9-12-18)23-22(27)17(4)28-21(26)14-13-19-15(2)24-25(5)16(19)3/h7-9,11-14,17,20H,6,10H2,1-5H3,(H,23,27)/b14-13+/t17-,20-/m0/s1. The van der Waals surface area contributed by atoms with E-state index >= 15 is 0 Å². The van der Waals surface area contributed by atoms with Gasteiger partial charge in [-0.1, -0.05) is 43.7 Å². The third-order valence-electron chi connectivity index (χ3n) is 4.71. The molecule has 1 N–H and O–H groups in total. The van der Waals surface area contributed by atoms with Crippen molar-refractivity contribution >= 4 is 18.0 Å². The lowest BCUT2D eigenvalue weighted by Crippen LogP contribution is -2.38.